The maximum absolute atomic E-state index is 13.6. The van der Waals surface area contributed by atoms with Crippen LogP contribution < -0.4 is 10.6 Å². The standard InChI is InChI=1S/C42H46N12O2/c1-3-31(51-41-43-19-7-20-44-41)39(55)53-23-5-9-35(53)37-47-25-33(49-37)29-15-11-27(12-16-29)28-13-17-30(18-14-28)34-26-48-38(50-34)36-10-6-24-54(36)40(56)32(4-2)52-42-45-21-8-22-46-42/h7-8,11-22,25-26,31-32,35-36H,3-6,9-10,23-24H2,1-2H3,(H,47,49)(H,48,50)(H,43,44,51)(H,45,46,52)/t31-,32-,35-,36-/m0/s1. The zero-order valence-corrected chi connectivity index (χ0v) is 31.6. The summed E-state index contributed by atoms with van der Waals surface area (Å²) in [6, 6.07) is 19.3. The fourth-order valence-electron chi connectivity index (χ4n) is 7.76. The summed E-state index contributed by atoms with van der Waals surface area (Å²) < 4.78 is 0. The van der Waals surface area contributed by atoms with Gasteiger partial charge in [-0.05, 0) is 72.9 Å². The monoisotopic (exact) mass is 750 g/mol. The van der Waals surface area contributed by atoms with Crippen molar-refractivity contribution in [3.05, 3.63) is 109 Å². The molecule has 56 heavy (non-hydrogen) atoms. The van der Waals surface area contributed by atoms with Crippen molar-refractivity contribution >= 4 is 23.7 Å². The molecule has 4 N–H and O–H groups in total. The number of likely N-dealkylation sites (tertiary alicyclic amines) is 2. The van der Waals surface area contributed by atoms with Crippen molar-refractivity contribution in [2.75, 3.05) is 23.7 Å². The van der Waals surface area contributed by atoms with Gasteiger partial charge in [0, 0.05) is 37.9 Å². The molecule has 2 aromatic carbocycles. The Labute approximate surface area is 325 Å². The summed E-state index contributed by atoms with van der Waals surface area (Å²) in [7, 11) is 0. The number of benzene rings is 2. The highest BCUT2D eigenvalue weighted by molar-refractivity contribution is 5.85. The molecule has 6 aromatic rings. The number of amides is 2. The van der Waals surface area contributed by atoms with Gasteiger partial charge < -0.3 is 30.4 Å². The summed E-state index contributed by atoms with van der Waals surface area (Å²) >= 11 is 0. The fraction of sp³-hybridized carbons (Fsp3) is 0.333. The minimum Gasteiger partial charge on any atom is -0.342 e. The van der Waals surface area contributed by atoms with Gasteiger partial charge in [-0.1, -0.05) is 62.4 Å². The molecule has 0 aliphatic carbocycles. The second-order valence-corrected chi connectivity index (χ2v) is 14.3. The third-order valence-electron chi connectivity index (χ3n) is 10.8. The quantitative estimate of drug-likeness (QED) is 0.0981. The molecule has 2 saturated heterocycles. The number of H-pyrrole nitrogens is 2. The van der Waals surface area contributed by atoms with Gasteiger partial charge in [-0.15, -0.1) is 0 Å². The lowest BCUT2D eigenvalue weighted by Crippen LogP contribution is -2.42. The predicted molar refractivity (Wildman–Crippen MR) is 214 cm³/mol. The first-order valence-electron chi connectivity index (χ1n) is 19.5. The molecule has 0 radical (unpaired) electrons. The molecule has 14 nitrogen and oxygen atoms in total. The van der Waals surface area contributed by atoms with Crippen LogP contribution in [0.5, 0.6) is 0 Å². The number of carbonyl (C=O) groups is 2. The Hall–Kier alpha value is -6.44. The van der Waals surface area contributed by atoms with Gasteiger partial charge in [0.1, 0.15) is 23.7 Å². The number of nitrogens with one attached hydrogen (secondary N) is 4. The number of nitrogens with zero attached hydrogens (tertiary/aromatic N) is 8. The lowest BCUT2D eigenvalue weighted by molar-refractivity contribution is -0.134. The minimum atomic E-state index is -0.412. The summed E-state index contributed by atoms with van der Waals surface area (Å²) in [6.07, 6.45) is 15.2. The smallest absolute Gasteiger partial charge is 0.245 e. The first-order valence-corrected chi connectivity index (χ1v) is 19.5. The van der Waals surface area contributed by atoms with Gasteiger partial charge >= 0.3 is 0 Å². The molecular weight excluding hydrogens is 705 g/mol. The number of rotatable bonds is 13. The van der Waals surface area contributed by atoms with E-state index in [1.54, 1.807) is 36.9 Å². The molecular formula is C42H46N12O2. The number of hydrogen-bond donors (Lipinski definition) is 4. The van der Waals surface area contributed by atoms with Crippen molar-refractivity contribution in [3.8, 4) is 33.6 Å². The van der Waals surface area contributed by atoms with Gasteiger partial charge in [-0.3, -0.25) is 9.59 Å². The molecule has 2 fully saturated rings. The lowest BCUT2D eigenvalue weighted by Gasteiger charge is -2.28. The van der Waals surface area contributed by atoms with Crippen LogP contribution >= 0.6 is 0 Å². The van der Waals surface area contributed by atoms with E-state index in [-0.39, 0.29) is 23.9 Å². The molecule has 0 unspecified atom stereocenters. The number of imidazole rings is 2. The van der Waals surface area contributed by atoms with Gasteiger partial charge in [0.05, 0.1) is 35.9 Å². The molecule has 6 heterocycles. The van der Waals surface area contributed by atoms with Crippen LogP contribution in [0.15, 0.2) is 97.8 Å². The Morgan fingerprint density at radius 3 is 1.36 bits per heavy atom. The van der Waals surface area contributed by atoms with E-state index in [0.717, 1.165) is 71.0 Å². The SMILES string of the molecule is CC[C@H](Nc1ncccn1)C(=O)N1CCC[C@H]1c1ncc(-c2ccc(-c3ccc(-c4cnc([C@@H]5CCCN5C(=O)[C@H](CC)Nc5ncccn5)[nH]4)cc3)cc2)[nH]1. The van der Waals surface area contributed by atoms with Crippen molar-refractivity contribution in [3.63, 3.8) is 0 Å². The highest BCUT2D eigenvalue weighted by Gasteiger charge is 2.36. The van der Waals surface area contributed by atoms with Gasteiger partial charge in [0.25, 0.3) is 0 Å². The summed E-state index contributed by atoms with van der Waals surface area (Å²) in [5.74, 6) is 2.56. The molecule has 2 aliphatic heterocycles. The first kappa shape index (κ1) is 36.5. The van der Waals surface area contributed by atoms with E-state index >= 15 is 0 Å². The zero-order valence-electron chi connectivity index (χ0n) is 31.6. The van der Waals surface area contributed by atoms with E-state index in [4.69, 9.17) is 9.97 Å². The second kappa shape index (κ2) is 16.5. The van der Waals surface area contributed by atoms with Gasteiger partial charge in [0.2, 0.25) is 23.7 Å². The molecule has 14 heteroatoms. The first-order chi connectivity index (χ1) is 27.5. The van der Waals surface area contributed by atoms with Gasteiger partial charge in [-0.25, -0.2) is 29.9 Å². The van der Waals surface area contributed by atoms with Crippen LogP contribution in [0, 0.1) is 0 Å². The normalized spacial score (nSPS) is 17.8. The van der Waals surface area contributed by atoms with Crippen molar-refractivity contribution in [1.82, 2.24) is 49.7 Å². The van der Waals surface area contributed by atoms with Crippen LogP contribution in [0.1, 0.15) is 76.1 Å². The largest absolute Gasteiger partial charge is 0.342 e. The third-order valence-corrected chi connectivity index (χ3v) is 10.8. The summed E-state index contributed by atoms with van der Waals surface area (Å²) in [5.41, 5.74) is 6.06. The summed E-state index contributed by atoms with van der Waals surface area (Å²) in [6.45, 7) is 5.35. The average Bonchev–Trinajstić information content (AvgIpc) is 4.10. The lowest BCUT2D eigenvalue weighted by atomic mass is 10.0. The fourth-order valence-corrected chi connectivity index (χ4v) is 7.76. The Kier molecular flexibility index (Phi) is 10.8. The summed E-state index contributed by atoms with van der Waals surface area (Å²) in [4.78, 5) is 64.5. The molecule has 2 aliphatic rings. The Balaban J connectivity index is 0.903. The van der Waals surface area contributed by atoms with Crippen molar-refractivity contribution in [1.29, 1.82) is 0 Å². The van der Waals surface area contributed by atoms with E-state index in [2.05, 4.69) is 89.1 Å². The number of hydrogen-bond acceptors (Lipinski definition) is 10. The average molecular weight is 751 g/mol. The number of aromatic amines is 2. The second-order valence-electron chi connectivity index (χ2n) is 14.3. The van der Waals surface area contributed by atoms with Gasteiger partial charge in [0.15, 0.2) is 0 Å². The van der Waals surface area contributed by atoms with Crippen molar-refractivity contribution in [2.45, 2.75) is 76.5 Å². The van der Waals surface area contributed by atoms with Gasteiger partial charge in [-0.2, -0.15) is 0 Å². The molecule has 4 aromatic heterocycles. The molecule has 0 bridgehead atoms. The van der Waals surface area contributed by atoms with E-state index in [0.29, 0.717) is 37.8 Å². The van der Waals surface area contributed by atoms with Crippen molar-refractivity contribution < 1.29 is 9.59 Å². The van der Waals surface area contributed by atoms with Crippen LogP contribution in [0.2, 0.25) is 0 Å². The Morgan fingerprint density at radius 2 is 0.982 bits per heavy atom. The molecule has 8 rings (SSSR count). The number of aromatic nitrogens is 8. The van der Waals surface area contributed by atoms with Crippen LogP contribution in [0.25, 0.3) is 33.6 Å². The highest BCUT2D eigenvalue weighted by Crippen LogP contribution is 2.35. The Bertz CT molecular complexity index is 2060. The minimum absolute atomic E-state index is 0.0324. The van der Waals surface area contributed by atoms with Crippen LogP contribution in [-0.4, -0.2) is 86.7 Å². The molecule has 4 atom stereocenters. The van der Waals surface area contributed by atoms with E-state index in [1.165, 1.54) is 0 Å². The zero-order chi connectivity index (χ0) is 38.4. The topological polar surface area (TPSA) is 174 Å². The van der Waals surface area contributed by atoms with E-state index < -0.39 is 12.1 Å². The van der Waals surface area contributed by atoms with Crippen LogP contribution in [0.4, 0.5) is 11.9 Å². The van der Waals surface area contributed by atoms with Crippen LogP contribution in [0.3, 0.4) is 0 Å². The Morgan fingerprint density at radius 1 is 0.607 bits per heavy atom. The third kappa shape index (κ3) is 7.72. The molecule has 0 saturated carbocycles. The predicted octanol–water partition coefficient (Wildman–Crippen LogP) is 6.82. The molecule has 2 amide bonds. The van der Waals surface area contributed by atoms with E-state index in [9.17, 15) is 9.59 Å². The maximum Gasteiger partial charge on any atom is 0.245 e. The number of anilines is 2. The van der Waals surface area contributed by atoms with Crippen LogP contribution in [-0.2, 0) is 9.59 Å². The molecule has 0 spiro atoms. The van der Waals surface area contributed by atoms with Crippen molar-refractivity contribution in [2.24, 2.45) is 0 Å². The van der Waals surface area contributed by atoms with E-state index in [1.807, 2.05) is 36.0 Å². The maximum atomic E-state index is 13.6. The number of carbonyl (C=O) groups excluding carboxylic acids is 2. The molecule has 286 valence electrons. The summed E-state index contributed by atoms with van der Waals surface area (Å²) in [5, 5.41) is 6.40. The highest BCUT2D eigenvalue weighted by atomic mass is 16.2.